The Morgan fingerprint density at radius 3 is 2.21 bits per heavy atom. The molecule has 2 amide bonds. The molecule has 104 valence electrons. The average Bonchev–Trinajstić information content (AvgIpc) is 2.34. The number of amides is 2. The summed E-state index contributed by atoms with van der Waals surface area (Å²) in [4.78, 5) is 22.9. The Labute approximate surface area is 112 Å². The molecule has 1 aromatic carbocycles. The molecule has 0 heterocycles. The van der Waals surface area contributed by atoms with E-state index in [1.807, 2.05) is 13.0 Å². The molecular formula is C13H18N2O4. The number of hydrogen-bond donors (Lipinski definition) is 2. The number of carbonyl (C=O) groups excluding carboxylic acids is 2. The Morgan fingerprint density at radius 2 is 1.63 bits per heavy atom. The first-order chi connectivity index (χ1) is 9.08. The minimum Gasteiger partial charge on any atom is -0.450 e. The van der Waals surface area contributed by atoms with Crippen LogP contribution in [-0.2, 0) is 9.47 Å². The first-order valence-electron chi connectivity index (χ1n) is 6.05. The van der Waals surface area contributed by atoms with Crippen LogP contribution in [0.2, 0.25) is 0 Å². The molecule has 0 aliphatic heterocycles. The fraction of sp³-hybridized carbons (Fsp3) is 0.385. The van der Waals surface area contributed by atoms with Crippen molar-refractivity contribution < 1.29 is 19.1 Å². The van der Waals surface area contributed by atoms with Crippen molar-refractivity contribution in [3.63, 3.8) is 0 Å². The van der Waals surface area contributed by atoms with Crippen LogP contribution < -0.4 is 10.6 Å². The third-order valence-corrected chi connectivity index (χ3v) is 2.29. The van der Waals surface area contributed by atoms with E-state index in [-0.39, 0.29) is 13.2 Å². The highest BCUT2D eigenvalue weighted by Gasteiger charge is 2.12. The van der Waals surface area contributed by atoms with Gasteiger partial charge < -0.3 is 9.47 Å². The first kappa shape index (κ1) is 14.8. The minimum absolute atomic E-state index is 0.276. The molecule has 6 nitrogen and oxygen atoms in total. The topological polar surface area (TPSA) is 76.7 Å². The SMILES string of the molecule is CCOC(=O)Nc1cccc(C)c1NC(=O)OCC. The van der Waals surface area contributed by atoms with Crippen LogP contribution in [0.5, 0.6) is 0 Å². The molecule has 0 aromatic heterocycles. The summed E-state index contributed by atoms with van der Waals surface area (Å²) in [5.41, 5.74) is 1.77. The van der Waals surface area contributed by atoms with E-state index in [0.29, 0.717) is 11.4 Å². The summed E-state index contributed by atoms with van der Waals surface area (Å²) in [5, 5.41) is 5.16. The Bertz CT molecular complexity index is 460. The Balaban J connectivity index is 2.88. The molecule has 0 bridgehead atoms. The maximum absolute atomic E-state index is 11.5. The molecule has 1 aromatic rings. The Hall–Kier alpha value is -2.24. The van der Waals surface area contributed by atoms with E-state index >= 15 is 0 Å². The summed E-state index contributed by atoms with van der Waals surface area (Å²) < 4.78 is 9.61. The number of rotatable bonds is 4. The number of aryl methyl sites for hydroxylation is 1. The summed E-state index contributed by atoms with van der Waals surface area (Å²) in [6.07, 6.45) is -1.14. The third kappa shape index (κ3) is 4.50. The second kappa shape index (κ2) is 7.25. The number of hydrogen-bond acceptors (Lipinski definition) is 4. The van der Waals surface area contributed by atoms with Gasteiger partial charge in [0.15, 0.2) is 0 Å². The van der Waals surface area contributed by atoms with Crippen molar-refractivity contribution in [1.29, 1.82) is 0 Å². The predicted octanol–water partition coefficient (Wildman–Crippen LogP) is 3.13. The van der Waals surface area contributed by atoms with Gasteiger partial charge in [-0.3, -0.25) is 10.6 Å². The average molecular weight is 266 g/mol. The van der Waals surface area contributed by atoms with Crippen LogP contribution in [-0.4, -0.2) is 25.4 Å². The highest BCUT2D eigenvalue weighted by Crippen LogP contribution is 2.26. The molecule has 0 saturated heterocycles. The molecule has 2 N–H and O–H groups in total. The van der Waals surface area contributed by atoms with Crippen molar-refractivity contribution in [3.8, 4) is 0 Å². The van der Waals surface area contributed by atoms with E-state index in [1.54, 1.807) is 26.0 Å². The lowest BCUT2D eigenvalue weighted by Gasteiger charge is -2.14. The zero-order valence-electron chi connectivity index (χ0n) is 11.3. The van der Waals surface area contributed by atoms with E-state index in [9.17, 15) is 9.59 Å². The summed E-state index contributed by atoms with van der Waals surface area (Å²) in [6, 6.07) is 5.26. The quantitative estimate of drug-likeness (QED) is 0.877. The molecule has 0 radical (unpaired) electrons. The number of para-hydroxylation sites is 1. The summed E-state index contributed by atoms with van der Waals surface area (Å²) in [5.74, 6) is 0. The number of nitrogens with one attached hydrogen (secondary N) is 2. The lowest BCUT2D eigenvalue weighted by atomic mass is 10.1. The number of ether oxygens (including phenoxy) is 2. The van der Waals surface area contributed by atoms with Gasteiger partial charge in [0.25, 0.3) is 0 Å². The van der Waals surface area contributed by atoms with Crippen molar-refractivity contribution in [3.05, 3.63) is 23.8 Å². The van der Waals surface area contributed by atoms with Crippen LogP contribution in [0.1, 0.15) is 19.4 Å². The van der Waals surface area contributed by atoms with Crippen LogP contribution in [0.25, 0.3) is 0 Å². The van der Waals surface area contributed by atoms with Crippen LogP contribution in [0.4, 0.5) is 21.0 Å². The van der Waals surface area contributed by atoms with Crippen molar-refractivity contribution in [2.45, 2.75) is 20.8 Å². The predicted molar refractivity (Wildman–Crippen MR) is 72.5 cm³/mol. The van der Waals surface area contributed by atoms with E-state index in [2.05, 4.69) is 10.6 Å². The van der Waals surface area contributed by atoms with Crippen LogP contribution in [0.3, 0.4) is 0 Å². The van der Waals surface area contributed by atoms with Gasteiger partial charge in [0.1, 0.15) is 0 Å². The van der Waals surface area contributed by atoms with Gasteiger partial charge >= 0.3 is 12.2 Å². The second-order valence-corrected chi connectivity index (χ2v) is 3.69. The van der Waals surface area contributed by atoms with Gasteiger partial charge in [0, 0.05) is 0 Å². The molecule has 0 aliphatic rings. The fourth-order valence-corrected chi connectivity index (χ4v) is 1.48. The van der Waals surface area contributed by atoms with E-state index in [1.165, 1.54) is 0 Å². The fourth-order valence-electron chi connectivity index (χ4n) is 1.48. The van der Waals surface area contributed by atoms with E-state index in [4.69, 9.17) is 9.47 Å². The maximum Gasteiger partial charge on any atom is 0.411 e. The van der Waals surface area contributed by atoms with Crippen LogP contribution in [0.15, 0.2) is 18.2 Å². The normalized spacial score (nSPS) is 9.63. The van der Waals surface area contributed by atoms with Gasteiger partial charge in [-0.1, -0.05) is 12.1 Å². The zero-order valence-corrected chi connectivity index (χ0v) is 11.3. The smallest absolute Gasteiger partial charge is 0.411 e. The maximum atomic E-state index is 11.5. The summed E-state index contributed by atoms with van der Waals surface area (Å²) in [7, 11) is 0. The highest BCUT2D eigenvalue weighted by molar-refractivity contribution is 5.96. The molecule has 1 rings (SSSR count). The Kier molecular flexibility index (Phi) is 5.66. The molecule has 0 saturated carbocycles. The van der Waals surface area contributed by atoms with Crippen molar-refractivity contribution in [2.24, 2.45) is 0 Å². The summed E-state index contributed by atoms with van der Waals surface area (Å²) in [6.45, 7) is 5.80. The lowest BCUT2D eigenvalue weighted by molar-refractivity contribution is 0.166. The first-order valence-corrected chi connectivity index (χ1v) is 6.05. The van der Waals surface area contributed by atoms with Crippen LogP contribution in [0, 0.1) is 6.92 Å². The monoisotopic (exact) mass is 266 g/mol. The van der Waals surface area contributed by atoms with Gasteiger partial charge in [-0.05, 0) is 32.4 Å². The zero-order chi connectivity index (χ0) is 14.3. The van der Waals surface area contributed by atoms with E-state index in [0.717, 1.165) is 5.56 Å². The Morgan fingerprint density at radius 1 is 1.05 bits per heavy atom. The van der Waals surface area contributed by atoms with Gasteiger partial charge in [-0.15, -0.1) is 0 Å². The molecular weight excluding hydrogens is 248 g/mol. The number of anilines is 2. The van der Waals surface area contributed by atoms with Crippen molar-refractivity contribution >= 4 is 23.6 Å². The lowest BCUT2D eigenvalue weighted by Crippen LogP contribution is -2.18. The minimum atomic E-state index is -0.569. The summed E-state index contributed by atoms with van der Waals surface area (Å²) >= 11 is 0. The molecule has 6 heteroatoms. The molecule has 19 heavy (non-hydrogen) atoms. The largest absolute Gasteiger partial charge is 0.450 e. The van der Waals surface area contributed by atoms with Gasteiger partial charge in [-0.2, -0.15) is 0 Å². The van der Waals surface area contributed by atoms with Gasteiger partial charge in [0.05, 0.1) is 24.6 Å². The number of carbonyl (C=O) groups is 2. The molecule has 0 unspecified atom stereocenters. The van der Waals surface area contributed by atoms with Crippen molar-refractivity contribution in [2.75, 3.05) is 23.8 Å². The second-order valence-electron chi connectivity index (χ2n) is 3.69. The van der Waals surface area contributed by atoms with E-state index < -0.39 is 12.2 Å². The molecule has 0 aliphatic carbocycles. The van der Waals surface area contributed by atoms with Crippen LogP contribution >= 0.6 is 0 Å². The van der Waals surface area contributed by atoms with Gasteiger partial charge in [0.2, 0.25) is 0 Å². The van der Waals surface area contributed by atoms with Gasteiger partial charge in [-0.25, -0.2) is 9.59 Å². The highest BCUT2D eigenvalue weighted by atomic mass is 16.6. The standard InChI is InChI=1S/C13H18N2O4/c1-4-18-12(16)14-10-8-6-7-9(3)11(10)15-13(17)19-5-2/h6-8H,4-5H2,1-3H3,(H,14,16)(H,15,17). The molecule has 0 atom stereocenters. The molecule has 0 fully saturated rings. The number of benzene rings is 1. The third-order valence-electron chi connectivity index (χ3n) is 2.29. The molecule has 0 spiro atoms. The van der Waals surface area contributed by atoms with Crippen molar-refractivity contribution in [1.82, 2.24) is 0 Å².